The number of hydrogen-bond acceptors (Lipinski definition) is 5. The highest BCUT2D eigenvalue weighted by Crippen LogP contribution is 2.29. The lowest BCUT2D eigenvalue weighted by Crippen LogP contribution is -2.39. The van der Waals surface area contributed by atoms with Gasteiger partial charge in [-0.2, -0.15) is 0 Å². The molecule has 0 atom stereocenters. The quantitative estimate of drug-likeness (QED) is 0.285. The summed E-state index contributed by atoms with van der Waals surface area (Å²) in [6, 6.07) is 12.9. The molecule has 29 heavy (non-hydrogen) atoms. The number of aliphatic imine (C=N–C) groups is 1. The molecule has 0 saturated heterocycles. The fourth-order valence-corrected chi connectivity index (χ4v) is 2.40. The van der Waals surface area contributed by atoms with Crippen molar-refractivity contribution >= 4 is 41.5 Å². The molecular formula is C20H27IN4O4. The molecule has 0 aromatic heterocycles. The third-order valence-corrected chi connectivity index (χ3v) is 3.94. The average Bonchev–Trinajstić information content (AvgIpc) is 2.75. The first kappa shape index (κ1) is 24.3. The van der Waals surface area contributed by atoms with E-state index in [1.165, 1.54) is 0 Å². The number of rotatable bonds is 8. The van der Waals surface area contributed by atoms with Crippen LogP contribution in [0.25, 0.3) is 0 Å². The van der Waals surface area contributed by atoms with E-state index < -0.39 is 0 Å². The summed E-state index contributed by atoms with van der Waals surface area (Å²) in [4.78, 5) is 16.2. The Morgan fingerprint density at radius 1 is 0.931 bits per heavy atom. The number of carbonyl (C=O) groups excluding carboxylic acids is 1. The molecule has 0 saturated carbocycles. The first-order valence-corrected chi connectivity index (χ1v) is 8.69. The minimum atomic E-state index is -0.147. The van der Waals surface area contributed by atoms with Gasteiger partial charge in [-0.15, -0.1) is 24.0 Å². The lowest BCUT2D eigenvalue weighted by molar-refractivity contribution is -0.120. The maximum Gasteiger partial charge on any atom is 0.239 e. The van der Waals surface area contributed by atoms with E-state index in [0.717, 1.165) is 17.0 Å². The zero-order valence-electron chi connectivity index (χ0n) is 16.9. The van der Waals surface area contributed by atoms with Crippen LogP contribution in [0.4, 0.5) is 5.69 Å². The van der Waals surface area contributed by atoms with Crippen molar-refractivity contribution in [3.05, 3.63) is 48.0 Å². The van der Waals surface area contributed by atoms with Gasteiger partial charge >= 0.3 is 0 Å². The Hall–Kier alpha value is -2.69. The number of nitrogens with one attached hydrogen (secondary N) is 3. The summed E-state index contributed by atoms with van der Waals surface area (Å²) < 4.78 is 15.6. The van der Waals surface area contributed by atoms with E-state index in [4.69, 9.17) is 14.2 Å². The van der Waals surface area contributed by atoms with Gasteiger partial charge in [0.1, 0.15) is 5.75 Å². The predicted molar refractivity (Wildman–Crippen MR) is 125 cm³/mol. The molecule has 1 amide bonds. The molecule has 0 bridgehead atoms. The molecule has 0 fully saturated rings. The lowest BCUT2D eigenvalue weighted by Gasteiger charge is -2.14. The van der Waals surface area contributed by atoms with Gasteiger partial charge in [-0.25, -0.2) is 0 Å². The molecule has 2 aromatic carbocycles. The monoisotopic (exact) mass is 514 g/mol. The fourth-order valence-electron chi connectivity index (χ4n) is 2.40. The minimum Gasteiger partial charge on any atom is -0.497 e. The Morgan fingerprint density at radius 3 is 2.21 bits per heavy atom. The van der Waals surface area contributed by atoms with Crippen molar-refractivity contribution in [2.45, 2.75) is 6.54 Å². The smallest absolute Gasteiger partial charge is 0.239 e. The van der Waals surface area contributed by atoms with E-state index in [0.29, 0.717) is 24.0 Å². The molecular weight excluding hydrogens is 487 g/mol. The molecule has 0 radical (unpaired) electrons. The molecule has 158 valence electrons. The van der Waals surface area contributed by atoms with Crippen molar-refractivity contribution in [3.63, 3.8) is 0 Å². The predicted octanol–water partition coefficient (Wildman–Crippen LogP) is 2.63. The Kier molecular flexibility index (Phi) is 10.7. The first-order chi connectivity index (χ1) is 13.6. The second kappa shape index (κ2) is 12.7. The van der Waals surface area contributed by atoms with Crippen LogP contribution in [-0.2, 0) is 11.3 Å². The van der Waals surface area contributed by atoms with Gasteiger partial charge in [-0.3, -0.25) is 9.79 Å². The van der Waals surface area contributed by atoms with Crippen LogP contribution in [0.1, 0.15) is 5.56 Å². The van der Waals surface area contributed by atoms with E-state index in [1.807, 2.05) is 30.3 Å². The normalized spacial score (nSPS) is 10.4. The van der Waals surface area contributed by atoms with Crippen molar-refractivity contribution in [2.24, 2.45) is 4.99 Å². The van der Waals surface area contributed by atoms with Gasteiger partial charge in [0.15, 0.2) is 17.5 Å². The summed E-state index contributed by atoms with van der Waals surface area (Å²) in [6.45, 7) is 0.523. The number of carbonyl (C=O) groups is 1. The number of amides is 1. The summed E-state index contributed by atoms with van der Waals surface area (Å²) >= 11 is 0. The lowest BCUT2D eigenvalue weighted by atomic mass is 10.2. The molecule has 0 aliphatic carbocycles. The zero-order chi connectivity index (χ0) is 20.4. The van der Waals surface area contributed by atoms with Crippen LogP contribution in [0.2, 0.25) is 0 Å². The SMILES string of the molecule is CN=C(NCC(=O)NCc1ccc(OC)cc1)Nc1ccc(OC)c(OC)c1.I. The van der Waals surface area contributed by atoms with Crippen molar-refractivity contribution in [3.8, 4) is 17.2 Å². The highest BCUT2D eigenvalue weighted by molar-refractivity contribution is 14.0. The first-order valence-electron chi connectivity index (χ1n) is 8.69. The van der Waals surface area contributed by atoms with Crippen LogP contribution >= 0.6 is 24.0 Å². The number of guanidine groups is 1. The van der Waals surface area contributed by atoms with Crippen molar-refractivity contribution < 1.29 is 19.0 Å². The fraction of sp³-hybridized carbons (Fsp3) is 0.300. The van der Waals surface area contributed by atoms with Crippen LogP contribution < -0.4 is 30.2 Å². The Morgan fingerprint density at radius 2 is 1.62 bits per heavy atom. The van der Waals surface area contributed by atoms with Crippen LogP contribution in [0.3, 0.4) is 0 Å². The van der Waals surface area contributed by atoms with Crippen LogP contribution in [0.5, 0.6) is 17.2 Å². The van der Waals surface area contributed by atoms with Crippen molar-refractivity contribution in [1.29, 1.82) is 0 Å². The highest BCUT2D eigenvalue weighted by atomic mass is 127. The maximum absolute atomic E-state index is 12.1. The molecule has 2 aromatic rings. The Bertz CT molecular complexity index is 813. The number of benzene rings is 2. The number of hydrogen-bond donors (Lipinski definition) is 3. The summed E-state index contributed by atoms with van der Waals surface area (Å²) in [5, 5.41) is 8.93. The van der Waals surface area contributed by atoms with E-state index >= 15 is 0 Å². The molecule has 0 unspecified atom stereocenters. The topological polar surface area (TPSA) is 93.2 Å². The summed E-state index contributed by atoms with van der Waals surface area (Å²) in [7, 11) is 6.40. The molecule has 9 heteroatoms. The number of halogens is 1. The molecule has 0 spiro atoms. The number of anilines is 1. The Balaban J connectivity index is 0.00000420. The van der Waals surface area contributed by atoms with Gasteiger partial charge in [-0.1, -0.05) is 12.1 Å². The Labute approximate surface area is 188 Å². The second-order valence-electron chi connectivity index (χ2n) is 5.75. The zero-order valence-corrected chi connectivity index (χ0v) is 19.3. The van der Waals surface area contributed by atoms with E-state index in [9.17, 15) is 4.79 Å². The van der Waals surface area contributed by atoms with Gasteiger partial charge in [0.2, 0.25) is 5.91 Å². The second-order valence-corrected chi connectivity index (χ2v) is 5.75. The average molecular weight is 514 g/mol. The van der Waals surface area contributed by atoms with Crippen molar-refractivity contribution in [1.82, 2.24) is 10.6 Å². The third kappa shape index (κ3) is 7.68. The van der Waals surface area contributed by atoms with Gasteiger partial charge in [-0.05, 0) is 29.8 Å². The van der Waals surface area contributed by atoms with Gasteiger partial charge < -0.3 is 30.2 Å². The van der Waals surface area contributed by atoms with Crippen LogP contribution in [0, 0.1) is 0 Å². The van der Waals surface area contributed by atoms with Gasteiger partial charge in [0.25, 0.3) is 0 Å². The van der Waals surface area contributed by atoms with Crippen molar-refractivity contribution in [2.75, 3.05) is 40.2 Å². The molecule has 0 heterocycles. The number of ether oxygens (including phenoxy) is 3. The summed E-state index contributed by atoms with van der Waals surface area (Å²) in [5.41, 5.74) is 1.74. The maximum atomic E-state index is 12.1. The largest absolute Gasteiger partial charge is 0.497 e. The molecule has 0 aliphatic rings. The van der Waals surface area contributed by atoms with Gasteiger partial charge in [0, 0.05) is 25.3 Å². The van der Waals surface area contributed by atoms with E-state index in [2.05, 4.69) is 20.9 Å². The highest BCUT2D eigenvalue weighted by Gasteiger charge is 2.08. The van der Waals surface area contributed by atoms with E-state index in [1.54, 1.807) is 40.5 Å². The number of nitrogens with zero attached hydrogens (tertiary/aromatic N) is 1. The number of methoxy groups -OCH3 is 3. The molecule has 8 nitrogen and oxygen atoms in total. The van der Waals surface area contributed by atoms with Crippen LogP contribution in [0.15, 0.2) is 47.5 Å². The third-order valence-electron chi connectivity index (χ3n) is 3.94. The molecule has 2 rings (SSSR count). The van der Waals surface area contributed by atoms with E-state index in [-0.39, 0.29) is 36.4 Å². The van der Waals surface area contributed by atoms with Gasteiger partial charge in [0.05, 0.1) is 27.9 Å². The molecule has 0 aliphatic heterocycles. The summed E-state index contributed by atoms with van der Waals surface area (Å²) in [6.07, 6.45) is 0. The standard InChI is InChI=1S/C20H26N4O4.HI/c1-21-20(24-15-7-10-17(27-3)18(11-15)28-4)23-13-19(25)22-12-14-5-8-16(26-2)9-6-14;/h5-11H,12-13H2,1-4H3,(H,22,25)(H2,21,23,24);1H. The minimum absolute atomic E-state index is 0. The summed E-state index contributed by atoms with van der Waals surface area (Å²) in [5.74, 6) is 2.33. The molecule has 3 N–H and O–H groups in total. The van der Waals surface area contributed by atoms with Crippen LogP contribution in [-0.4, -0.2) is 46.8 Å².